The lowest BCUT2D eigenvalue weighted by Crippen LogP contribution is -2.40. The average molecular weight is 296 g/mol. The fourth-order valence-corrected chi connectivity index (χ4v) is 2.61. The van der Waals surface area contributed by atoms with Gasteiger partial charge in [-0.05, 0) is 31.1 Å². The van der Waals surface area contributed by atoms with Gasteiger partial charge < -0.3 is 5.32 Å². The quantitative estimate of drug-likeness (QED) is 0.509. The van der Waals surface area contributed by atoms with Crippen molar-refractivity contribution in [3.8, 4) is 0 Å². The summed E-state index contributed by atoms with van der Waals surface area (Å²) < 4.78 is 0. The van der Waals surface area contributed by atoms with Crippen LogP contribution in [0.2, 0.25) is 5.02 Å². The van der Waals surface area contributed by atoms with Crippen LogP contribution in [0.4, 0.5) is 0 Å². The van der Waals surface area contributed by atoms with E-state index >= 15 is 0 Å². The molecule has 0 aromatic heterocycles. The number of benzene rings is 1. The topological polar surface area (TPSA) is 36.4 Å². The Morgan fingerprint density at radius 2 is 2.00 bits per heavy atom. The van der Waals surface area contributed by atoms with E-state index < -0.39 is 0 Å². The smallest absolute Gasteiger partial charge is 0.187 e. The molecule has 0 bridgehead atoms. The van der Waals surface area contributed by atoms with Crippen LogP contribution in [0, 0.1) is 0 Å². The van der Waals surface area contributed by atoms with Crippen molar-refractivity contribution in [2.45, 2.75) is 38.1 Å². The minimum atomic E-state index is 0.490. The maximum absolute atomic E-state index is 6.03. The van der Waals surface area contributed by atoms with Crippen molar-refractivity contribution in [3.05, 3.63) is 34.9 Å². The number of hydrogen-bond acceptors (Lipinski definition) is 2. The van der Waals surface area contributed by atoms with Crippen LogP contribution in [0.5, 0.6) is 0 Å². The zero-order chi connectivity index (χ0) is 13.5. The average Bonchev–Trinajstić information content (AvgIpc) is 2.42. The second-order valence-corrected chi connectivity index (χ2v) is 5.52. The maximum atomic E-state index is 6.03. The van der Waals surface area contributed by atoms with Gasteiger partial charge in [-0.3, -0.25) is 5.43 Å². The van der Waals surface area contributed by atoms with Gasteiger partial charge in [0.1, 0.15) is 0 Å². The molecule has 0 amide bonds. The molecule has 0 atom stereocenters. The lowest BCUT2D eigenvalue weighted by atomic mass is 9.96. The van der Waals surface area contributed by atoms with E-state index in [1.54, 1.807) is 6.21 Å². The van der Waals surface area contributed by atoms with Gasteiger partial charge in [-0.15, -0.1) is 0 Å². The van der Waals surface area contributed by atoms with Crippen LogP contribution < -0.4 is 10.7 Å². The highest BCUT2D eigenvalue weighted by Crippen LogP contribution is 2.17. The van der Waals surface area contributed by atoms with E-state index in [0.29, 0.717) is 16.2 Å². The monoisotopic (exact) mass is 295 g/mol. The lowest BCUT2D eigenvalue weighted by Gasteiger charge is -2.23. The number of nitrogens with one attached hydrogen (secondary N) is 2. The van der Waals surface area contributed by atoms with Crippen LogP contribution in [-0.2, 0) is 0 Å². The molecule has 1 aliphatic carbocycles. The van der Waals surface area contributed by atoms with Crippen LogP contribution in [0.3, 0.4) is 0 Å². The SMILES string of the molecule is S=C(N/N=C/c1ccccc1Cl)NC1CCCCC1. The van der Waals surface area contributed by atoms with Gasteiger partial charge in [0.25, 0.3) is 0 Å². The highest BCUT2D eigenvalue weighted by atomic mass is 35.5. The first-order valence-electron chi connectivity index (χ1n) is 6.60. The first-order chi connectivity index (χ1) is 9.25. The third kappa shape index (κ3) is 4.80. The Hall–Kier alpha value is -1.13. The zero-order valence-electron chi connectivity index (χ0n) is 10.7. The normalized spacial score (nSPS) is 16.5. The summed E-state index contributed by atoms with van der Waals surface area (Å²) in [4.78, 5) is 0. The van der Waals surface area contributed by atoms with E-state index in [2.05, 4.69) is 15.8 Å². The molecule has 1 saturated carbocycles. The summed E-state index contributed by atoms with van der Waals surface area (Å²) in [6, 6.07) is 8.05. The molecule has 0 radical (unpaired) electrons. The summed E-state index contributed by atoms with van der Waals surface area (Å²) in [6.45, 7) is 0. The molecule has 0 saturated heterocycles. The molecule has 102 valence electrons. The summed E-state index contributed by atoms with van der Waals surface area (Å²) in [5.74, 6) is 0. The van der Waals surface area contributed by atoms with E-state index in [1.165, 1.54) is 32.1 Å². The van der Waals surface area contributed by atoms with Crippen molar-refractivity contribution in [1.82, 2.24) is 10.7 Å². The Morgan fingerprint density at radius 1 is 1.26 bits per heavy atom. The van der Waals surface area contributed by atoms with Gasteiger partial charge in [-0.2, -0.15) is 5.10 Å². The van der Waals surface area contributed by atoms with Crippen LogP contribution in [0.15, 0.2) is 29.4 Å². The Bertz CT molecular complexity index is 456. The van der Waals surface area contributed by atoms with Crippen LogP contribution in [-0.4, -0.2) is 17.4 Å². The van der Waals surface area contributed by atoms with Crippen molar-refractivity contribution in [3.63, 3.8) is 0 Å². The van der Waals surface area contributed by atoms with Crippen LogP contribution >= 0.6 is 23.8 Å². The number of hydrogen-bond donors (Lipinski definition) is 2. The molecule has 5 heteroatoms. The van der Waals surface area contributed by atoms with Crippen molar-refractivity contribution in [2.75, 3.05) is 0 Å². The molecule has 0 aliphatic heterocycles. The highest BCUT2D eigenvalue weighted by Gasteiger charge is 2.13. The predicted molar refractivity (Wildman–Crippen MR) is 84.8 cm³/mol. The molecule has 1 aliphatic rings. The molecule has 0 spiro atoms. The highest BCUT2D eigenvalue weighted by molar-refractivity contribution is 7.80. The predicted octanol–water partition coefficient (Wildman–Crippen LogP) is 3.47. The second kappa shape index (κ2) is 7.46. The summed E-state index contributed by atoms with van der Waals surface area (Å²) >= 11 is 11.2. The van der Waals surface area contributed by atoms with Crippen molar-refractivity contribution < 1.29 is 0 Å². The summed E-state index contributed by atoms with van der Waals surface area (Å²) in [7, 11) is 0. The van der Waals surface area contributed by atoms with Gasteiger partial charge in [0, 0.05) is 16.6 Å². The minimum absolute atomic E-state index is 0.490. The molecular formula is C14H18ClN3S. The molecule has 3 nitrogen and oxygen atoms in total. The zero-order valence-corrected chi connectivity index (χ0v) is 12.3. The fraction of sp³-hybridized carbons (Fsp3) is 0.429. The lowest BCUT2D eigenvalue weighted by molar-refractivity contribution is 0.412. The van der Waals surface area contributed by atoms with E-state index in [9.17, 15) is 0 Å². The maximum Gasteiger partial charge on any atom is 0.187 e. The van der Waals surface area contributed by atoms with Gasteiger partial charge in [-0.1, -0.05) is 49.1 Å². The molecule has 2 rings (SSSR count). The minimum Gasteiger partial charge on any atom is -0.359 e. The van der Waals surface area contributed by atoms with E-state index in [-0.39, 0.29) is 0 Å². The number of nitrogens with zero attached hydrogens (tertiary/aromatic N) is 1. The van der Waals surface area contributed by atoms with Crippen LogP contribution in [0.1, 0.15) is 37.7 Å². The third-order valence-electron chi connectivity index (χ3n) is 3.22. The number of halogens is 1. The van der Waals surface area contributed by atoms with Crippen molar-refractivity contribution >= 4 is 35.1 Å². The van der Waals surface area contributed by atoms with Gasteiger partial charge in [0.2, 0.25) is 0 Å². The largest absolute Gasteiger partial charge is 0.359 e. The van der Waals surface area contributed by atoms with Crippen molar-refractivity contribution in [2.24, 2.45) is 5.10 Å². The summed E-state index contributed by atoms with van der Waals surface area (Å²) in [5.41, 5.74) is 3.71. The number of hydrazone groups is 1. The first-order valence-corrected chi connectivity index (χ1v) is 7.38. The molecule has 0 unspecified atom stereocenters. The van der Waals surface area contributed by atoms with Gasteiger partial charge in [0.05, 0.1) is 6.21 Å². The molecule has 0 heterocycles. The summed E-state index contributed by atoms with van der Waals surface area (Å²) in [5, 5.41) is 8.66. The Labute approximate surface area is 124 Å². The first kappa shape index (κ1) is 14.3. The van der Waals surface area contributed by atoms with E-state index in [4.69, 9.17) is 23.8 Å². The van der Waals surface area contributed by atoms with E-state index in [1.807, 2.05) is 24.3 Å². The molecule has 1 fully saturated rings. The van der Waals surface area contributed by atoms with E-state index in [0.717, 1.165) is 5.56 Å². The Kier molecular flexibility index (Phi) is 5.61. The standard InChI is InChI=1S/C14H18ClN3S/c15-13-9-5-4-6-11(13)10-16-18-14(19)17-12-7-2-1-3-8-12/h4-6,9-10,12H,1-3,7-8H2,(H2,17,18,19)/b16-10+. The summed E-state index contributed by atoms with van der Waals surface area (Å²) in [6.07, 6.45) is 7.96. The molecule has 1 aromatic carbocycles. The molecule has 19 heavy (non-hydrogen) atoms. The Balaban J connectivity index is 1.78. The number of rotatable bonds is 3. The van der Waals surface area contributed by atoms with Gasteiger partial charge >= 0.3 is 0 Å². The Morgan fingerprint density at radius 3 is 2.74 bits per heavy atom. The number of thiocarbonyl (C=S) groups is 1. The van der Waals surface area contributed by atoms with Gasteiger partial charge in [0.15, 0.2) is 5.11 Å². The van der Waals surface area contributed by atoms with Crippen molar-refractivity contribution in [1.29, 1.82) is 0 Å². The molecule has 1 aromatic rings. The third-order valence-corrected chi connectivity index (χ3v) is 3.77. The van der Waals surface area contributed by atoms with Crippen LogP contribution in [0.25, 0.3) is 0 Å². The second-order valence-electron chi connectivity index (χ2n) is 4.70. The molecule has 2 N–H and O–H groups in total. The molecular weight excluding hydrogens is 278 g/mol. The fourth-order valence-electron chi connectivity index (χ4n) is 2.20. The van der Waals surface area contributed by atoms with Gasteiger partial charge in [-0.25, -0.2) is 0 Å².